The minimum Gasteiger partial charge on any atom is -0.355 e. The number of nitrogens with zero attached hydrogens (tertiary/aromatic N) is 2. The van der Waals surface area contributed by atoms with Gasteiger partial charge in [-0.3, -0.25) is 4.79 Å². The zero-order valence-electron chi connectivity index (χ0n) is 12.5. The number of carbonyl (C=O) groups excluding carboxylic acids is 1. The molecule has 0 unspecified atom stereocenters. The Morgan fingerprint density at radius 3 is 2.26 bits per heavy atom. The summed E-state index contributed by atoms with van der Waals surface area (Å²) < 4.78 is 24.4. The molecule has 0 aliphatic rings. The van der Waals surface area contributed by atoms with Crippen LogP contribution in [0.1, 0.15) is 26.2 Å². The molecule has 7 heteroatoms. The Morgan fingerprint density at radius 2 is 1.79 bits per heavy atom. The molecule has 0 bridgehead atoms. The molecule has 0 aromatic heterocycles. The van der Waals surface area contributed by atoms with Gasteiger partial charge in [0.1, 0.15) is 0 Å². The first-order valence-electron chi connectivity index (χ1n) is 6.64. The van der Waals surface area contributed by atoms with Crippen LogP contribution in [-0.4, -0.2) is 70.1 Å². The fourth-order valence-electron chi connectivity index (χ4n) is 1.55. The van der Waals surface area contributed by atoms with Gasteiger partial charge in [0.2, 0.25) is 15.9 Å². The predicted octanol–water partition coefficient (Wildman–Crippen LogP) is 0.116. The van der Waals surface area contributed by atoms with Crippen LogP contribution in [0.4, 0.5) is 0 Å². The number of carbonyl (C=O) groups is 1. The molecule has 0 radical (unpaired) electrons. The van der Waals surface area contributed by atoms with Crippen molar-refractivity contribution in [3.05, 3.63) is 0 Å². The van der Waals surface area contributed by atoms with Gasteiger partial charge in [-0.05, 0) is 33.5 Å². The van der Waals surface area contributed by atoms with Crippen molar-refractivity contribution in [3.8, 4) is 0 Å². The molecule has 1 N–H and O–H groups in total. The maximum Gasteiger partial charge on any atom is 0.235 e. The van der Waals surface area contributed by atoms with Crippen LogP contribution in [0.15, 0.2) is 0 Å². The highest BCUT2D eigenvalue weighted by atomic mass is 32.2. The third-order valence-electron chi connectivity index (χ3n) is 2.65. The first-order valence-corrected chi connectivity index (χ1v) is 8.48. The fraction of sp³-hybridized carbons (Fsp3) is 0.917. The van der Waals surface area contributed by atoms with E-state index in [0.717, 1.165) is 25.6 Å². The van der Waals surface area contributed by atoms with E-state index in [1.807, 2.05) is 25.9 Å². The summed E-state index contributed by atoms with van der Waals surface area (Å²) in [5, 5.41) is 2.73. The van der Waals surface area contributed by atoms with Crippen LogP contribution in [0.3, 0.4) is 0 Å². The van der Waals surface area contributed by atoms with Crippen LogP contribution in [0.25, 0.3) is 0 Å². The van der Waals surface area contributed by atoms with Crippen molar-refractivity contribution in [3.63, 3.8) is 0 Å². The highest BCUT2D eigenvalue weighted by Gasteiger charge is 2.19. The van der Waals surface area contributed by atoms with E-state index in [1.165, 1.54) is 4.31 Å². The molecule has 0 spiro atoms. The molecule has 0 aromatic rings. The SMILES string of the molecule is CCCCNC(=O)CN(CCCN(C)C)S(C)(=O)=O. The summed E-state index contributed by atoms with van der Waals surface area (Å²) in [7, 11) is 0.531. The highest BCUT2D eigenvalue weighted by molar-refractivity contribution is 7.88. The molecule has 1 amide bonds. The largest absolute Gasteiger partial charge is 0.355 e. The number of sulfonamides is 1. The Hall–Kier alpha value is -0.660. The Balaban J connectivity index is 4.25. The third-order valence-corrected chi connectivity index (χ3v) is 3.90. The zero-order valence-corrected chi connectivity index (χ0v) is 13.3. The molecule has 0 aliphatic heterocycles. The highest BCUT2D eigenvalue weighted by Crippen LogP contribution is 2.00. The molecular formula is C12H27N3O3S. The zero-order chi connectivity index (χ0) is 14.9. The lowest BCUT2D eigenvalue weighted by molar-refractivity contribution is -0.121. The van der Waals surface area contributed by atoms with Gasteiger partial charge in [-0.2, -0.15) is 4.31 Å². The molecule has 0 saturated heterocycles. The van der Waals surface area contributed by atoms with Gasteiger partial charge in [0.15, 0.2) is 0 Å². The number of hydrogen-bond acceptors (Lipinski definition) is 4. The molecule has 0 heterocycles. The minimum atomic E-state index is -3.33. The van der Waals surface area contributed by atoms with E-state index >= 15 is 0 Å². The molecular weight excluding hydrogens is 266 g/mol. The lowest BCUT2D eigenvalue weighted by atomic mass is 10.3. The summed E-state index contributed by atoms with van der Waals surface area (Å²) in [5.41, 5.74) is 0. The summed E-state index contributed by atoms with van der Waals surface area (Å²) in [5.74, 6) is -0.233. The topological polar surface area (TPSA) is 69.7 Å². The molecule has 0 fully saturated rings. The van der Waals surface area contributed by atoms with Crippen molar-refractivity contribution in [2.45, 2.75) is 26.2 Å². The molecule has 19 heavy (non-hydrogen) atoms. The Morgan fingerprint density at radius 1 is 1.16 bits per heavy atom. The van der Waals surface area contributed by atoms with Crippen molar-refractivity contribution in [2.75, 3.05) is 46.5 Å². The van der Waals surface area contributed by atoms with Gasteiger partial charge in [0.05, 0.1) is 12.8 Å². The maximum absolute atomic E-state index is 11.6. The van der Waals surface area contributed by atoms with E-state index in [9.17, 15) is 13.2 Å². The quantitative estimate of drug-likeness (QED) is 0.581. The molecule has 6 nitrogen and oxygen atoms in total. The summed E-state index contributed by atoms with van der Waals surface area (Å²) in [6.07, 6.45) is 3.76. The van der Waals surface area contributed by atoms with E-state index in [1.54, 1.807) is 0 Å². The van der Waals surface area contributed by atoms with E-state index in [0.29, 0.717) is 19.5 Å². The molecule has 0 aliphatic carbocycles. The number of amides is 1. The van der Waals surface area contributed by atoms with Gasteiger partial charge in [-0.15, -0.1) is 0 Å². The molecule has 0 atom stereocenters. The molecule has 0 saturated carbocycles. The molecule has 0 rings (SSSR count). The lowest BCUT2D eigenvalue weighted by Crippen LogP contribution is -2.41. The van der Waals surface area contributed by atoms with Crippen LogP contribution in [0.2, 0.25) is 0 Å². The van der Waals surface area contributed by atoms with E-state index in [-0.39, 0.29) is 12.5 Å². The number of unbranched alkanes of at least 4 members (excludes halogenated alkanes) is 1. The summed E-state index contributed by atoms with van der Waals surface area (Å²) >= 11 is 0. The normalized spacial score (nSPS) is 12.1. The van der Waals surface area contributed by atoms with Crippen molar-refractivity contribution in [1.82, 2.24) is 14.5 Å². The van der Waals surface area contributed by atoms with E-state index in [4.69, 9.17) is 0 Å². The van der Waals surface area contributed by atoms with Gasteiger partial charge in [-0.25, -0.2) is 8.42 Å². The average molecular weight is 293 g/mol. The minimum absolute atomic E-state index is 0.0873. The van der Waals surface area contributed by atoms with Gasteiger partial charge >= 0.3 is 0 Å². The van der Waals surface area contributed by atoms with Gasteiger partial charge in [-0.1, -0.05) is 13.3 Å². The fourth-order valence-corrected chi connectivity index (χ4v) is 2.36. The summed E-state index contributed by atoms with van der Waals surface area (Å²) in [4.78, 5) is 13.6. The standard InChI is InChI=1S/C12H27N3O3S/c1-5-6-8-13-12(16)11-15(19(4,17)18)10-7-9-14(2)3/h5-11H2,1-4H3,(H,13,16). The number of hydrogen-bond donors (Lipinski definition) is 1. The lowest BCUT2D eigenvalue weighted by Gasteiger charge is -2.20. The van der Waals surface area contributed by atoms with E-state index < -0.39 is 10.0 Å². The van der Waals surface area contributed by atoms with E-state index in [2.05, 4.69) is 5.32 Å². The van der Waals surface area contributed by atoms with Gasteiger partial charge < -0.3 is 10.2 Å². The van der Waals surface area contributed by atoms with Crippen LogP contribution >= 0.6 is 0 Å². The monoisotopic (exact) mass is 293 g/mol. The summed E-state index contributed by atoms with van der Waals surface area (Å²) in [6, 6.07) is 0. The Labute approximate surface area is 117 Å². The van der Waals surface area contributed by atoms with Crippen LogP contribution < -0.4 is 5.32 Å². The van der Waals surface area contributed by atoms with Crippen LogP contribution in [-0.2, 0) is 14.8 Å². The Kier molecular flexibility index (Phi) is 8.95. The van der Waals surface area contributed by atoms with Crippen LogP contribution in [0.5, 0.6) is 0 Å². The number of nitrogens with one attached hydrogen (secondary N) is 1. The average Bonchev–Trinajstić information content (AvgIpc) is 2.26. The van der Waals surface area contributed by atoms with Crippen molar-refractivity contribution < 1.29 is 13.2 Å². The maximum atomic E-state index is 11.6. The molecule has 0 aromatic carbocycles. The first kappa shape index (κ1) is 18.3. The third kappa shape index (κ3) is 9.86. The second-order valence-corrected chi connectivity index (χ2v) is 6.94. The predicted molar refractivity (Wildman–Crippen MR) is 77.5 cm³/mol. The molecule has 114 valence electrons. The van der Waals surface area contributed by atoms with Gasteiger partial charge in [0, 0.05) is 13.1 Å². The first-order chi connectivity index (χ1) is 8.77. The smallest absolute Gasteiger partial charge is 0.235 e. The van der Waals surface area contributed by atoms with Crippen LogP contribution in [0, 0.1) is 0 Å². The van der Waals surface area contributed by atoms with Crippen molar-refractivity contribution >= 4 is 15.9 Å². The second-order valence-electron chi connectivity index (χ2n) is 4.96. The van der Waals surface area contributed by atoms with Crippen molar-refractivity contribution in [2.24, 2.45) is 0 Å². The van der Waals surface area contributed by atoms with Gasteiger partial charge in [0.25, 0.3) is 0 Å². The number of rotatable bonds is 10. The van der Waals surface area contributed by atoms with Crippen molar-refractivity contribution in [1.29, 1.82) is 0 Å². The summed E-state index contributed by atoms with van der Waals surface area (Å²) in [6.45, 7) is 3.72. The Bertz CT molecular complexity index is 355. The second kappa shape index (κ2) is 9.28.